The Morgan fingerprint density at radius 3 is 2.56 bits per heavy atom. The molecule has 0 aromatic heterocycles. The van der Waals surface area contributed by atoms with Crippen LogP contribution in [0.15, 0.2) is 29.8 Å². The minimum Gasteiger partial charge on any atom is -0.482 e. The maximum atomic E-state index is 12.2. The highest BCUT2D eigenvalue weighted by Gasteiger charge is 2.19. The molecule has 132 valence electrons. The van der Waals surface area contributed by atoms with Crippen LogP contribution in [0.25, 0.3) is 6.08 Å². The molecular formula is C19H22N2O4. The molecule has 6 nitrogen and oxygen atoms in total. The second-order valence-corrected chi connectivity index (χ2v) is 5.79. The van der Waals surface area contributed by atoms with Gasteiger partial charge in [0, 0.05) is 6.04 Å². The Morgan fingerprint density at radius 1 is 1.28 bits per heavy atom. The third-order valence-electron chi connectivity index (χ3n) is 3.91. The van der Waals surface area contributed by atoms with Crippen LogP contribution in [-0.4, -0.2) is 31.1 Å². The summed E-state index contributed by atoms with van der Waals surface area (Å²) < 4.78 is 10.1. The highest BCUT2D eigenvalue weighted by atomic mass is 16.6. The van der Waals surface area contributed by atoms with Crippen LogP contribution < -0.4 is 10.1 Å². The Bertz CT molecular complexity index is 668. The van der Waals surface area contributed by atoms with Crippen LogP contribution in [0, 0.1) is 11.3 Å². The summed E-state index contributed by atoms with van der Waals surface area (Å²) in [7, 11) is 0. The van der Waals surface area contributed by atoms with Crippen LogP contribution in [0.2, 0.25) is 0 Å². The van der Waals surface area contributed by atoms with Crippen molar-refractivity contribution in [2.24, 2.45) is 0 Å². The van der Waals surface area contributed by atoms with E-state index in [-0.39, 0.29) is 24.1 Å². The smallest absolute Gasteiger partial charge is 0.344 e. The zero-order valence-corrected chi connectivity index (χ0v) is 14.3. The van der Waals surface area contributed by atoms with E-state index in [0.29, 0.717) is 17.9 Å². The van der Waals surface area contributed by atoms with Gasteiger partial charge in [-0.2, -0.15) is 5.26 Å². The number of hydrogen-bond donors (Lipinski definition) is 1. The molecule has 1 amide bonds. The van der Waals surface area contributed by atoms with Crippen molar-refractivity contribution in [3.63, 3.8) is 0 Å². The van der Waals surface area contributed by atoms with E-state index in [1.807, 2.05) is 6.07 Å². The van der Waals surface area contributed by atoms with Gasteiger partial charge in [0.1, 0.15) is 17.4 Å². The van der Waals surface area contributed by atoms with Crippen LogP contribution in [0.1, 0.15) is 38.2 Å². The van der Waals surface area contributed by atoms with E-state index in [9.17, 15) is 14.9 Å². The molecule has 1 aliphatic carbocycles. The SMILES string of the molecule is CCOC(=O)COc1ccc(/C=C(/C#N)C(=O)NC2CCCC2)cc1. The lowest BCUT2D eigenvalue weighted by molar-refractivity contribution is -0.145. The first-order valence-corrected chi connectivity index (χ1v) is 8.43. The summed E-state index contributed by atoms with van der Waals surface area (Å²) in [6.07, 6.45) is 5.71. The van der Waals surface area contributed by atoms with Crippen LogP contribution in [0.3, 0.4) is 0 Å². The molecule has 0 saturated heterocycles. The molecule has 0 aliphatic heterocycles. The maximum absolute atomic E-state index is 12.2. The lowest BCUT2D eigenvalue weighted by Gasteiger charge is -2.11. The fourth-order valence-electron chi connectivity index (χ4n) is 2.65. The maximum Gasteiger partial charge on any atom is 0.344 e. The number of nitrogens with one attached hydrogen (secondary N) is 1. The van der Waals surface area contributed by atoms with Gasteiger partial charge in [0.25, 0.3) is 5.91 Å². The molecule has 6 heteroatoms. The Labute approximate surface area is 147 Å². The Balaban J connectivity index is 1.94. The number of amides is 1. The molecule has 25 heavy (non-hydrogen) atoms. The highest BCUT2D eigenvalue weighted by Crippen LogP contribution is 2.19. The first kappa shape index (κ1) is 18.5. The van der Waals surface area contributed by atoms with E-state index < -0.39 is 5.97 Å². The summed E-state index contributed by atoms with van der Waals surface area (Å²) in [4.78, 5) is 23.4. The van der Waals surface area contributed by atoms with E-state index in [4.69, 9.17) is 9.47 Å². The van der Waals surface area contributed by atoms with E-state index in [2.05, 4.69) is 5.32 Å². The van der Waals surface area contributed by atoms with Gasteiger partial charge in [-0.1, -0.05) is 25.0 Å². The van der Waals surface area contributed by atoms with Crippen molar-refractivity contribution >= 4 is 18.0 Å². The summed E-state index contributed by atoms with van der Waals surface area (Å²) in [5.41, 5.74) is 0.786. The lowest BCUT2D eigenvalue weighted by atomic mass is 10.1. The number of nitrogens with zero attached hydrogens (tertiary/aromatic N) is 1. The normalized spacial score (nSPS) is 14.6. The van der Waals surface area contributed by atoms with Crippen molar-refractivity contribution in [1.82, 2.24) is 5.32 Å². The summed E-state index contributed by atoms with van der Waals surface area (Å²) in [6, 6.07) is 8.92. The molecule has 0 radical (unpaired) electrons. The Hall–Kier alpha value is -2.81. The van der Waals surface area contributed by atoms with Crippen LogP contribution in [-0.2, 0) is 14.3 Å². The zero-order chi connectivity index (χ0) is 18.1. The molecule has 1 fully saturated rings. The average Bonchev–Trinajstić information content (AvgIpc) is 3.12. The molecule has 1 aliphatic rings. The number of nitriles is 1. The lowest BCUT2D eigenvalue weighted by Crippen LogP contribution is -2.33. The van der Waals surface area contributed by atoms with E-state index in [1.54, 1.807) is 37.3 Å². The number of hydrogen-bond acceptors (Lipinski definition) is 5. The van der Waals surface area contributed by atoms with Crippen molar-refractivity contribution in [2.75, 3.05) is 13.2 Å². The average molecular weight is 342 g/mol. The highest BCUT2D eigenvalue weighted by molar-refractivity contribution is 6.01. The van der Waals surface area contributed by atoms with Gasteiger partial charge in [-0.25, -0.2) is 4.79 Å². The second kappa shape index (κ2) is 9.48. The second-order valence-electron chi connectivity index (χ2n) is 5.79. The van der Waals surface area contributed by atoms with Gasteiger partial charge < -0.3 is 14.8 Å². The summed E-state index contributed by atoms with van der Waals surface area (Å²) in [6.45, 7) is 1.89. The first-order chi connectivity index (χ1) is 12.1. The molecule has 0 heterocycles. The summed E-state index contributed by atoms with van der Waals surface area (Å²) >= 11 is 0. The quantitative estimate of drug-likeness (QED) is 0.467. The first-order valence-electron chi connectivity index (χ1n) is 8.43. The number of esters is 1. The fraction of sp³-hybridized carbons (Fsp3) is 0.421. The monoisotopic (exact) mass is 342 g/mol. The van der Waals surface area contributed by atoms with Crippen LogP contribution >= 0.6 is 0 Å². The van der Waals surface area contributed by atoms with Crippen molar-refractivity contribution in [1.29, 1.82) is 5.26 Å². The van der Waals surface area contributed by atoms with E-state index in [1.165, 1.54) is 0 Å². The number of ether oxygens (including phenoxy) is 2. The number of benzene rings is 1. The summed E-state index contributed by atoms with van der Waals surface area (Å²) in [5, 5.41) is 12.1. The van der Waals surface area contributed by atoms with Crippen LogP contribution in [0.5, 0.6) is 5.75 Å². The van der Waals surface area contributed by atoms with Crippen molar-refractivity contribution in [2.45, 2.75) is 38.6 Å². The van der Waals surface area contributed by atoms with Gasteiger partial charge in [-0.05, 0) is 43.5 Å². The van der Waals surface area contributed by atoms with E-state index >= 15 is 0 Å². The van der Waals surface area contributed by atoms with Gasteiger partial charge in [-0.3, -0.25) is 4.79 Å². The van der Waals surface area contributed by atoms with Gasteiger partial charge in [0.15, 0.2) is 6.61 Å². The predicted octanol–water partition coefficient (Wildman–Crippen LogP) is 2.59. The standard InChI is InChI=1S/C19H22N2O4/c1-2-24-18(22)13-25-17-9-7-14(8-10-17)11-15(12-20)19(23)21-16-5-3-4-6-16/h7-11,16H,2-6,13H2,1H3,(H,21,23)/b15-11-. The third kappa shape index (κ3) is 5.96. The fourth-order valence-corrected chi connectivity index (χ4v) is 2.65. The van der Waals surface area contributed by atoms with Crippen LogP contribution in [0.4, 0.5) is 0 Å². The Kier molecular flexibility index (Phi) is 7.02. The number of carbonyl (C=O) groups is 2. The van der Waals surface area contributed by atoms with Gasteiger partial charge in [0.2, 0.25) is 0 Å². The molecule has 1 aromatic rings. The van der Waals surface area contributed by atoms with E-state index in [0.717, 1.165) is 25.7 Å². The topological polar surface area (TPSA) is 88.4 Å². The minimum absolute atomic E-state index is 0.0760. The molecule has 0 bridgehead atoms. The number of carbonyl (C=O) groups excluding carboxylic acids is 2. The largest absolute Gasteiger partial charge is 0.482 e. The minimum atomic E-state index is -0.429. The van der Waals surface area contributed by atoms with Crippen molar-refractivity contribution in [3.8, 4) is 11.8 Å². The number of rotatable bonds is 7. The molecule has 2 rings (SSSR count). The molecule has 0 atom stereocenters. The summed E-state index contributed by atoms with van der Waals surface area (Å²) in [5.74, 6) is -0.252. The molecule has 1 saturated carbocycles. The van der Waals surface area contributed by atoms with Gasteiger partial charge in [-0.15, -0.1) is 0 Å². The molecular weight excluding hydrogens is 320 g/mol. The van der Waals surface area contributed by atoms with Gasteiger partial charge in [0.05, 0.1) is 6.61 Å². The molecule has 1 aromatic carbocycles. The predicted molar refractivity (Wildman–Crippen MR) is 92.6 cm³/mol. The Morgan fingerprint density at radius 2 is 1.96 bits per heavy atom. The van der Waals surface area contributed by atoms with Crippen molar-refractivity contribution < 1.29 is 19.1 Å². The molecule has 0 spiro atoms. The molecule has 1 N–H and O–H groups in total. The van der Waals surface area contributed by atoms with Gasteiger partial charge >= 0.3 is 5.97 Å². The third-order valence-corrected chi connectivity index (χ3v) is 3.91. The molecule has 0 unspecified atom stereocenters. The van der Waals surface area contributed by atoms with Crippen molar-refractivity contribution in [3.05, 3.63) is 35.4 Å². The zero-order valence-electron chi connectivity index (χ0n) is 14.3.